The highest BCUT2D eigenvalue weighted by atomic mass is 79.9. The normalized spacial score (nSPS) is 19.8. The number of halogens is 2. The number of hydrogen-bond acceptors (Lipinski definition) is 4. The van der Waals surface area contributed by atoms with Crippen LogP contribution < -0.4 is 10.5 Å². The summed E-state index contributed by atoms with van der Waals surface area (Å²) < 4.78 is 40.2. The molecule has 0 saturated carbocycles. The van der Waals surface area contributed by atoms with E-state index in [-0.39, 0.29) is 15.1 Å². The first-order chi connectivity index (χ1) is 8.90. The van der Waals surface area contributed by atoms with E-state index in [1.54, 1.807) is 0 Å². The van der Waals surface area contributed by atoms with Crippen molar-refractivity contribution >= 4 is 43.4 Å². The highest BCUT2D eigenvalue weighted by Crippen LogP contribution is 2.27. The second-order valence-corrected chi connectivity index (χ2v) is 8.13. The predicted octanol–water partition coefficient (Wildman–Crippen LogP) is 2.20. The lowest BCUT2D eigenvalue weighted by Crippen LogP contribution is -2.29. The van der Waals surface area contributed by atoms with Gasteiger partial charge >= 0.3 is 0 Å². The topological polar surface area (TPSA) is 72.2 Å². The van der Waals surface area contributed by atoms with Gasteiger partial charge in [0.1, 0.15) is 5.82 Å². The van der Waals surface area contributed by atoms with Gasteiger partial charge in [-0.15, -0.1) is 0 Å². The number of nitrogens with one attached hydrogen (secondary N) is 1. The van der Waals surface area contributed by atoms with Crippen LogP contribution in [0.2, 0.25) is 0 Å². The SMILES string of the molecule is Nc1cc(S(=O)(=O)NCC2CCSC2)c(Br)cc1F. The average molecular weight is 369 g/mol. The molecule has 0 radical (unpaired) electrons. The van der Waals surface area contributed by atoms with Crippen LogP contribution in [0.3, 0.4) is 0 Å². The molecule has 19 heavy (non-hydrogen) atoms. The smallest absolute Gasteiger partial charge is 0.241 e. The van der Waals surface area contributed by atoms with Crippen molar-refractivity contribution in [1.82, 2.24) is 4.72 Å². The highest BCUT2D eigenvalue weighted by Gasteiger charge is 2.22. The summed E-state index contributed by atoms with van der Waals surface area (Å²) in [6.45, 7) is 0.402. The van der Waals surface area contributed by atoms with Crippen LogP contribution in [0.15, 0.2) is 21.5 Å². The van der Waals surface area contributed by atoms with E-state index in [1.165, 1.54) is 0 Å². The monoisotopic (exact) mass is 368 g/mol. The van der Waals surface area contributed by atoms with Gasteiger partial charge in [-0.2, -0.15) is 11.8 Å². The zero-order chi connectivity index (χ0) is 14.0. The molecule has 1 saturated heterocycles. The van der Waals surface area contributed by atoms with Gasteiger partial charge in [-0.05, 0) is 51.9 Å². The van der Waals surface area contributed by atoms with Gasteiger partial charge in [-0.3, -0.25) is 0 Å². The van der Waals surface area contributed by atoms with Crippen LogP contribution in [0, 0.1) is 11.7 Å². The molecule has 1 aromatic carbocycles. The Morgan fingerprint density at radius 1 is 1.53 bits per heavy atom. The first-order valence-corrected chi connectivity index (χ1v) is 9.15. The molecule has 1 unspecified atom stereocenters. The highest BCUT2D eigenvalue weighted by molar-refractivity contribution is 9.10. The Hall–Kier alpha value is -0.310. The van der Waals surface area contributed by atoms with Crippen LogP contribution in [0.5, 0.6) is 0 Å². The zero-order valence-electron chi connectivity index (χ0n) is 10.0. The molecule has 106 valence electrons. The minimum absolute atomic E-state index is 0.0305. The van der Waals surface area contributed by atoms with Gasteiger partial charge in [0.2, 0.25) is 10.0 Å². The third kappa shape index (κ3) is 3.62. The quantitative estimate of drug-likeness (QED) is 0.799. The lowest BCUT2D eigenvalue weighted by atomic mass is 10.1. The molecule has 0 amide bonds. The fourth-order valence-electron chi connectivity index (χ4n) is 1.80. The Morgan fingerprint density at radius 3 is 2.89 bits per heavy atom. The van der Waals surface area contributed by atoms with Gasteiger partial charge in [0.05, 0.1) is 10.6 Å². The molecule has 1 heterocycles. The van der Waals surface area contributed by atoms with Crippen molar-refractivity contribution in [3.63, 3.8) is 0 Å². The lowest BCUT2D eigenvalue weighted by Gasteiger charge is -2.12. The summed E-state index contributed by atoms with van der Waals surface area (Å²) >= 11 is 4.87. The van der Waals surface area contributed by atoms with Gasteiger partial charge in [-0.25, -0.2) is 17.5 Å². The number of hydrogen-bond donors (Lipinski definition) is 2. The van der Waals surface area contributed by atoms with E-state index < -0.39 is 15.8 Å². The molecule has 0 bridgehead atoms. The largest absolute Gasteiger partial charge is 0.396 e. The predicted molar refractivity (Wildman–Crippen MR) is 79.1 cm³/mol. The van der Waals surface area contributed by atoms with Crippen LogP contribution in [-0.4, -0.2) is 26.5 Å². The minimum atomic E-state index is -3.67. The minimum Gasteiger partial charge on any atom is -0.396 e. The van der Waals surface area contributed by atoms with Crippen LogP contribution >= 0.6 is 27.7 Å². The molecule has 1 atom stereocenters. The zero-order valence-corrected chi connectivity index (χ0v) is 13.2. The molecule has 4 nitrogen and oxygen atoms in total. The Morgan fingerprint density at radius 2 is 2.26 bits per heavy atom. The Labute approximate surface area is 124 Å². The summed E-state index contributed by atoms with van der Waals surface area (Å²) in [5.74, 6) is 1.75. The van der Waals surface area contributed by atoms with Gasteiger partial charge in [-0.1, -0.05) is 0 Å². The van der Waals surface area contributed by atoms with Crippen molar-refractivity contribution in [2.75, 3.05) is 23.8 Å². The molecule has 8 heteroatoms. The number of thioether (sulfide) groups is 1. The molecule has 3 N–H and O–H groups in total. The number of sulfonamides is 1. The van der Waals surface area contributed by atoms with Crippen LogP contribution in [0.1, 0.15) is 6.42 Å². The molecule has 1 aliphatic rings. The number of nitrogens with two attached hydrogens (primary N) is 1. The molecule has 0 spiro atoms. The summed E-state index contributed by atoms with van der Waals surface area (Å²) in [4.78, 5) is -0.0305. The third-order valence-corrected chi connectivity index (χ3v) is 6.54. The van der Waals surface area contributed by atoms with E-state index >= 15 is 0 Å². The molecule has 2 rings (SSSR count). The number of nitrogen functional groups attached to an aromatic ring is 1. The molecular weight excluding hydrogens is 355 g/mol. The van der Waals surface area contributed by atoms with Gasteiger partial charge in [0.15, 0.2) is 0 Å². The standard InChI is InChI=1S/C11H14BrFN2O2S2/c12-8-3-9(13)10(14)4-11(8)19(16,17)15-5-7-1-2-18-6-7/h3-4,7,15H,1-2,5-6,14H2. The van der Waals surface area contributed by atoms with Crippen molar-refractivity contribution in [2.24, 2.45) is 5.92 Å². The van der Waals surface area contributed by atoms with Crippen molar-refractivity contribution in [2.45, 2.75) is 11.3 Å². The summed E-state index contributed by atoms with van der Waals surface area (Å²) in [6, 6.07) is 2.19. The Bertz CT molecular complexity index is 574. The van der Waals surface area contributed by atoms with Gasteiger partial charge in [0, 0.05) is 11.0 Å². The first kappa shape index (κ1) is 15.1. The molecule has 0 aromatic heterocycles. The molecule has 1 aliphatic heterocycles. The third-order valence-electron chi connectivity index (χ3n) is 2.93. The van der Waals surface area contributed by atoms with E-state index in [9.17, 15) is 12.8 Å². The second kappa shape index (κ2) is 5.99. The number of anilines is 1. The van der Waals surface area contributed by atoms with E-state index in [0.717, 1.165) is 30.1 Å². The average Bonchev–Trinajstić information content (AvgIpc) is 2.84. The molecule has 1 fully saturated rings. The van der Waals surface area contributed by atoms with Crippen molar-refractivity contribution in [1.29, 1.82) is 0 Å². The summed E-state index contributed by atoms with van der Waals surface area (Å²) in [5.41, 5.74) is 5.23. The maximum atomic E-state index is 13.2. The lowest BCUT2D eigenvalue weighted by molar-refractivity contribution is 0.545. The summed E-state index contributed by atoms with van der Waals surface area (Å²) in [6.07, 6.45) is 1.01. The Kier molecular flexibility index (Phi) is 4.75. The first-order valence-electron chi connectivity index (χ1n) is 5.72. The summed E-state index contributed by atoms with van der Waals surface area (Å²) in [7, 11) is -3.67. The maximum Gasteiger partial charge on any atom is 0.241 e. The van der Waals surface area contributed by atoms with E-state index in [0.29, 0.717) is 12.5 Å². The molecule has 1 aromatic rings. The van der Waals surface area contributed by atoms with Crippen molar-refractivity contribution in [3.05, 3.63) is 22.4 Å². The second-order valence-electron chi connectivity index (χ2n) is 4.39. The van der Waals surface area contributed by atoms with E-state index in [4.69, 9.17) is 5.73 Å². The van der Waals surface area contributed by atoms with E-state index in [1.807, 2.05) is 11.8 Å². The Balaban J connectivity index is 2.16. The fourth-order valence-corrected chi connectivity index (χ4v) is 5.25. The van der Waals surface area contributed by atoms with Crippen LogP contribution in [0.4, 0.5) is 10.1 Å². The van der Waals surface area contributed by atoms with Gasteiger partial charge < -0.3 is 5.73 Å². The molecule has 0 aliphatic carbocycles. The maximum absolute atomic E-state index is 13.2. The van der Waals surface area contributed by atoms with Crippen molar-refractivity contribution in [3.8, 4) is 0 Å². The van der Waals surface area contributed by atoms with Crippen LogP contribution in [-0.2, 0) is 10.0 Å². The fraction of sp³-hybridized carbons (Fsp3) is 0.455. The summed E-state index contributed by atoms with van der Waals surface area (Å²) in [5, 5.41) is 0. The van der Waals surface area contributed by atoms with E-state index in [2.05, 4.69) is 20.7 Å². The number of benzene rings is 1. The van der Waals surface area contributed by atoms with Gasteiger partial charge in [0.25, 0.3) is 0 Å². The number of rotatable bonds is 4. The molecular formula is C11H14BrFN2O2S2. The van der Waals surface area contributed by atoms with Crippen LogP contribution in [0.25, 0.3) is 0 Å². The van der Waals surface area contributed by atoms with Crippen molar-refractivity contribution < 1.29 is 12.8 Å².